The van der Waals surface area contributed by atoms with Crippen LogP contribution in [0.4, 0.5) is 10.1 Å². The molecule has 2 aromatic carbocycles. The summed E-state index contributed by atoms with van der Waals surface area (Å²) in [5.74, 6) is -0.427. The van der Waals surface area contributed by atoms with E-state index in [1.54, 1.807) is 24.4 Å². The van der Waals surface area contributed by atoms with E-state index in [2.05, 4.69) is 19.2 Å². The van der Waals surface area contributed by atoms with Gasteiger partial charge < -0.3 is 9.88 Å². The topological polar surface area (TPSA) is 51.1 Å². The van der Waals surface area contributed by atoms with Crippen molar-refractivity contribution >= 4 is 11.6 Å². The van der Waals surface area contributed by atoms with E-state index >= 15 is 0 Å². The summed E-state index contributed by atoms with van der Waals surface area (Å²) in [4.78, 5) is 25.2. The van der Waals surface area contributed by atoms with Gasteiger partial charge in [0.05, 0.1) is 6.54 Å². The second kappa shape index (κ2) is 7.99. The van der Waals surface area contributed by atoms with E-state index in [0.29, 0.717) is 17.2 Å². The summed E-state index contributed by atoms with van der Waals surface area (Å²) in [7, 11) is 0. The summed E-state index contributed by atoms with van der Waals surface area (Å²) >= 11 is 0. The minimum atomic E-state index is -0.467. The summed E-state index contributed by atoms with van der Waals surface area (Å²) in [6, 6.07) is 16.7. The quantitative estimate of drug-likeness (QED) is 0.729. The van der Waals surface area contributed by atoms with Gasteiger partial charge in [0.1, 0.15) is 11.4 Å². The third-order valence-corrected chi connectivity index (χ3v) is 4.34. The van der Waals surface area contributed by atoms with Crippen LogP contribution in [0.5, 0.6) is 0 Å². The predicted octanol–water partition coefficient (Wildman–Crippen LogP) is 4.41. The zero-order valence-electron chi connectivity index (χ0n) is 15.3. The lowest BCUT2D eigenvalue weighted by Crippen LogP contribution is -2.29. The van der Waals surface area contributed by atoms with Crippen molar-refractivity contribution in [2.24, 2.45) is 0 Å². The van der Waals surface area contributed by atoms with E-state index < -0.39 is 11.5 Å². The molecular formula is C22H21FN2O2. The molecule has 0 atom stereocenters. The van der Waals surface area contributed by atoms with Crippen molar-refractivity contribution in [1.29, 1.82) is 0 Å². The highest BCUT2D eigenvalue weighted by Crippen LogP contribution is 2.17. The first-order valence-corrected chi connectivity index (χ1v) is 8.79. The maximum atomic E-state index is 13.3. The number of benzene rings is 2. The first kappa shape index (κ1) is 18.6. The molecule has 138 valence electrons. The van der Waals surface area contributed by atoms with Gasteiger partial charge in [-0.3, -0.25) is 9.59 Å². The van der Waals surface area contributed by atoms with Gasteiger partial charge >= 0.3 is 0 Å². The monoisotopic (exact) mass is 364 g/mol. The second-order valence-electron chi connectivity index (χ2n) is 6.72. The van der Waals surface area contributed by atoms with Crippen LogP contribution in [0.25, 0.3) is 0 Å². The van der Waals surface area contributed by atoms with Gasteiger partial charge in [-0.2, -0.15) is 0 Å². The van der Waals surface area contributed by atoms with Crippen molar-refractivity contribution in [3.63, 3.8) is 0 Å². The van der Waals surface area contributed by atoms with Gasteiger partial charge in [-0.1, -0.05) is 38.1 Å². The van der Waals surface area contributed by atoms with E-state index in [0.717, 1.165) is 0 Å². The summed E-state index contributed by atoms with van der Waals surface area (Å²) in [5.41, 5.74) is 2.08. The third kappa shape index (κ3) is 4.50. The molecule has 27 heavy (non-hydrogen) atoms. The highest BCUT2D eigenvalue weighted by Gasteiger charge is 2.13. The SMILES string of the molecule is CC(C)c1ccc(NC(=O)c2cccn(Cc3cccc(F)c3)c2=O)cc1. The van der Waals surface area contributed by atoms with Gasteiger partial charge in [0, 0.05) is 11.9 Å². The first-order chi connectivity index (χ1) is 12.9. The maximum Gasteiger partial charge on any atom is 0.263 e. The number of hydrogen-bond donors (Lipinski definition) is 1. The van der Waals surface area contributed by atoms with Crippen LogP contribution in [0.2, 0.25) is 0 Å². The first-order valence-electron chi connectivity index (χ1n) is 8.79. The van der Waals surface area contributed by atoms with Crippen molar-refractivity contribution < 1.29 is 9.18 Å². The fourth-order valence-electron chi connectivity index (χ4n) is 2.82. The molecule has 0 bridgehead atoms. The molecule has 4 nitrogen and oxygen atoms in total. The van der Waals surface area contributed by atoms with Gasteiger partial charge in [-0.15, -0.1) is 0 Å². The Morgan fingerprint density at radius 2 is 1.81 bits per heavy atom. The summed E-state index contributed by atoms with van der Waals surface area (Å²) < 4.78 is 14.7. The van der Waals surface area contributed by atoms with Gasteiger partial charge in [0.15, 0.2) is 0 Å². The Morgan fingerprint density at radius 3 is 2.48 bits per heavy atom. The molecule has 0 fully saturated rings. The molecule has 1 N–H and O–H groups in total. The Balaban J connectivity index is 1.80. The van der Waals surface area contributed by atoms with Crippen LogP contribution in [0.15, 0.2) is 71.7 Å². The molecule has 0 aliphatic rings. The Labute approximate surface area is 157 Å². The molecule has 0 unspecified atom stereocenters. The number of anilines is 1. The summed E-state index contributed by atoms with van der Waals surface area (Å²) in [5, 5.41) is 2.75. The van der Waals surface area contributed by atoms with Gasteiger partial charge in [-0.25, -0.2) is 4.39 Å². The number of amides is 1. The normalized spacial score (nSPS) is 10.8. The average Bonchev–Trinajstić information content (AvgIpc) is 2.64. The van der Waals surface area contributed by atoms with Crippen molar-refractivity contribution in [3.8, 4) is 0 Å². The molecule has 1 heterocycles. The van der Waals surface area contributed by atoms with Gasteiger partial charge in [-0.05, 0) is 53.4 Å². The molecule has 0 aliphatic heterocycles. The molecule has 0 spiro atoms. The smallest absolute Gasteiger partial charge is 0.263 e. The van der Waals surface area contributed by atoms with Crippen LogP contribution in [0, 0.1) is 5.82 Å². The number of nitrogens with one attached hydrogen (secondary N) is 1. The number of aromatic nitrogens is 1. The van der Waals surface area contributed by atoms with Crippen molar-refractivity contribution in [2.75, 3.05) is 5.32 Å². The largest absolute Gasteiger partial charge is 0.322 e. The van der Waals surface area contributed by atoms with Crippen LogP contribution < -0.4 is 10.9 Å². The number of hydrogen-bond acceptors (Lipinski definition) is 2. The fraction of sp³-hybridized carbons (Fsp3) is 0.182. The van der Waals surface area contributed by atoms with Crippen LogP contribution >= 0.6 is 0 Å². The Hall–Kier alpha value is -3.21. The lowest BCUT2D eigenvalue weighted by atomic mass is 10.0. The van der Waals surface area contributed by atoms with E-state index in [1.165, 1.54) is 28.3 Å². The molecule has 0 saturated heterocycles. The van der Waals surface area contributed by atoms with Crippen LogP contribution in [-0.4, -0.2) is 10.5 Å². The van der Waals surface area contributed by atoms with Crippen molar-refractivity contribution in [3.05, 3.63) is 99.7 Å². The van der Waals surface area contributed by atoms with Gasteiger partial charge in [0.25, 0.3) is 11.5 Å². The highest BCUT2D eigenvalue weighted by molar-refractivity contribution is 6.03. The Bertz CT molecular complexity index is 1010. The van der Waals surface area contributed by atoms with Crippen LogP contribution in [-0.2, 0) is 6.54 Å². The molecule has 5 heteroatoms. The van der Waals surface area contributed by atoms with Crippen LogP contribution in [0.3, 0.4) is 0 Å². The standard InChI is InChI=1S/C22H21FN2O2/c1-15(2)17-8-10-19(11-9-17)24-21(26)20-7-4-12-25(22(20)27)14-16-5-3-6-18(23)13-16/h3-13,15H,14H2,1-2H3,(H,24,26). The molecule has 1 aromatic heterocycles. The lowest BCUT2D eigenvalue weighted by molar-refractivity contribution is 0.102. The van der Waals surface area contributed by atoms with Crippen LogP contribution in [0.1, 0.15) is 41.3 Å². The molecule has 0 aliphatic carbocycles. The molecular weight excluding hydrogens is 343 g/mol. The summed E-state index contributed by atoms with van der Waals surface area (Å²) in [6.45, 7) is 4.39. The Morgan fingerprint density at radius 1 is 1.07 bits per heavy atom. The molecule has 1 amide bonds. The molecule has 3 rings (SSSR count). The highest BCUT2D eigenvalue weighted by atomic mass is 19.1. The minimum Gasteiger partial charge on any atom is -0.322 e. The van der Waals surface area contributed by atoms with Gasteiger partial charge in [0.2, 0.25) is 0 Å². The third-order valence-electron chi connectivity index (χ3n) is 4.34. The number of pyridine rings is 1. The lowest BCUT2D eigenvalue weighted by Gasteiger charge is -2.10. The predicted molar refractivity (Wildman–Crippen MR) is 105 cm³/mol. The van der Waals surface area contributed by atoms with Crippen molar-refractivity contribution in [1.82, 2.24) is 4.57 Å². The van der Waals surface area contributed by atoms with E-state index in [4.69, 9.17) is 0 Å². The Kier molecular flexibility index (Phi) is 5.50. The summed E-state index contributed by atoms with van der Waals surface area (Å²) in [6.07, 6.45) is 1.58. The van der Waals surface area contributed by atoms with Crippen molar-refractivity contribution in [2.45, 2.75) is 26.3 Å². The number of carbonyl (C=O) groups excluding carboxylic acids is 1. The zero-order valence-corrected chi connectivity index (χ0v) is 15.3. The number of carbonyl (C=O) groups is 1. The van der Waals surface area contributed by atoms with E-state index in [-0.39, 0.29) is 17.9 Å². The maximum absolute atomic E-state index is 13.3. The second-order valence-corrected chi connectivity index (χ2v) is 6.72. The minimum absolute atomic E-state index is 0.0434. The van der Waals surface area contributed by atoms with E-state index in [1.807, 2.05) is 24.3 Å². The zero-order chi connectivity index (χ0) is 19.4. The molecule has 0 radical (unpaired) electrons. The average molecular weight is 364 g/mol. The van der Waals surface area contributed by atoms with E-state index in [9.17, 15) is 14.0 Å². The number of halogens is 1. The number of rotatable bonds is 5. The molecule has 0 saturated carbocycles. The fourth-order valence-corrected chi connectivity index (χ4v) is 2.82. The molecule has 3 aromatic rings. The number of nitrogens with zero attached hydrogens (tertiary/aromatic N) is 1.